The van der Waals surface area contributed by atoms with E-state index in [0.717, 1.165) is 38.1 Å². The fourth-order valence-electron chi connectivity index (χ4n) is 4.37. The van der Waals surface area contributed by atoms with Crippen LogP contribution in [0.15, 0.2) is 48.5 Å². The molecule has 2 saturated heterocycles. The second kappa shape index (κ2) is 10.1. The molecule has 0 bridgehead atoms. The zero-order valence-corrected chi connectivity index (χ0v) is 18.6. The van der Waals surface area contributed by atoms with E-state index in [-0.39, 0.29) is 30.1 Å². The average Bonchev–Trinajstić information content (AvgIpc) is 3.30. The minimum Gasteiger partial charge on any atom is -0.497 e. The van der Waals surface area contributed by atoms with Crippen molar-refractivity contribution in [2.24, 2.45) is 0 Å². The van der Waals surface area contributed by atoms with E-state index < -0.39 is 0 Å². The SMILES string of the molecule is COc1ccc(C2CC(N3CCC(NC(=O)c4ccc(NC(C)=O)cc4)CC3)NN2)cc1. The van der Waals surface area contributed by atoms with Gasteiger partial charge in [0.05, 0.1) is 13.3 Å². The summed E-state index contributed by atoms with van der Waals surface area (Å²) in [6.45, 7) is 3.32. The number of amides is 2. The molecule has 2 amide bonds. The summed E-state index contributed by atoms with van der Waals surface area (Å²) >= 11 is 0. The lowest BCUT2D eigenvalue weighted by atomic mass is 10.0. The van der Waals surface area contributed by atoms with E-state index >= 15 is 0 Å². The molecule has 2 atom stereocenters. The second-order valence-corrected chi connectivity index (χ2v) is 8.41. The third-order valence-electron chi connectivity index (χ3n) is 6.17. The van der Waals surface area contributed by atoms with Crippen LogP contribution in [0.3, 0.4) is 0 Å². The molecule has 2 heterocycles. The third kappa shape index (κ3) is 5.45. The van der Waals surface area contributed by atoms with Crippen molar-refractivity contribution in [1.82, 2.24) is 21.1 Å². The second-order valence-electron chi connectivity index (χ2n) is 8.41. The van der Waals surface area contributed by atoms with Gasteiger partial charge < -0.3 is 15.4 Å². The molecule has 0 aliphatic carbocycles. The Morgan fingerprint density at radius 3 is 2.31 bits per heavy atom. The van der Waals surface area contributed by atoms with Gasteiger partial charge in [0.2, 0.25) is 5.91 Å². The lowest BCUT2D eigenvalue weighted by molar-refractivity contribution is -0.114. The fraction of sp³-hybridized carbons (Fsp3) is 0.417. The Bertz CT molecular complexity index is 924. The van der Waals surface area contributed by atoms with E-state index in [0.29, 0.717) is 11.3 Å². The summed E-state index contributed by atoms with van der Waals surface area (Å²) in [6.07, 6.45) is 3.10. The first-order chi connectivity index (χ1) is 15.5. The number of nitrogens with zero attached hydrogens (tertiary/aromatic N) is 1. The van der Waals surface area contributed by atoms with Crippen LogP contribution in [0.25, 0.3) is 0 Å². The van der Waals surface area contributed by atoms with E-state index in [1.807, 2.05) is 12.1 Å². The molecule has 8 heteroatoms. The summed E-state index contributed by atoms with van der Waals surface area (Å²) in [5.74, 6) is 0.665. The van der Waals surface area contributed by atoms with Gasteiger partial charge in [-0.2, -0.15) is 0 Å². The minimum absolute atomic E-state index is 0.0712. The summed E-state index contributed by atoms with van der Waals surface area (Å²) in [7, 11) is 1.68. The summed E-state index contributed by atoms with van der Waals surface area (Å²) in [5, 5.41) is 5.86. The van der Waals surface area contributed by atoms with Crippen molar-refractivity contribution in [3.8, 4) is 5.75 Å². The van der Waals surface area contributed by atoms with Crippen LogP contribution in [0.5, 0.6) is 5.75 Å². The van der Waals surface area contributed by atoms with Crippen LogP contribution in [0.1, 0.15) is 48.1 Å². The highest BCUT2D eigenvalue weighted by molar-refractivity contribution is 5.95. The van der Waals surface area contributed by atoms with Crippen molar-refractivity contribution in [1.29, 1.82) is 0 Å². The maximum Gasteiger partial charge on any atom is 0.251 e. The molecular weight excluding hydrogens is 406 g/mol. The number of piperidine rings is 1. The largest absolute Gasteiger partial charge is 0.497 e. The van der Waals surface area contributed by atoms with Crippen molar-refractivity contribution in [3.63, 3.8) is 0 Å². The van der Waals surface area contributed by atoms with Crippen LogP contribution in [0.2, 0.25) is 0 Å². The van der Waals surface area contributed by atoms with Crippen molar-refractivity contribution >= 4 is 17.5 Å². The Morgan fingerprint density at radius 2 is 1.69 bits per heavy atom. The number of ether oxygens (including phenoxy) is 1. The number of benzene rings is 2. The molecule has 2 fully saturated rings. The van der Waals surface area contributed by atoms with Gasteiger partial charge in [-0.1, -0.05) is 12.1 Å². The topological polar surface area (TPSA) is 94.7 Å². The lowest BCUT2D eigenvalue weighted by Gasteiger charge is -2.35. The highest BCUT2D eigenvalue weighted by atomic mass is 16.5. The molecule has 0 saturated carbocycles. The maximum atomic E-state index is 12.6. The van der Waals surface area contributed by atoms with Crippen LogP contribution in [-0.4, -0.2) is 49.1 Å². The normalized spacial score (nSPS) is 21.8. The fourth-order valence-corrected chi connectivity index (χ4v) is 4.37. The van der Waals surface area contributed by atoms with Gasteiger partial charge in [0.1, 0.15) is 5.75 Å². The molecule has 2 aromatic rings. The lowest BCUT2D eigenvalue weighted by Crippen LogP contribution is -2.51. The first kappa shape index (κ1) is 22.3. The van der Waals surface area contributed by atoms with Gasteiger partial charge in [0.25, 0.3) is 5.91 Å². The maximum absolute atomic E-state index is 12.6. The number of carbonyl (C=O) groups is 2. The molecule has 2 aliphatic heterocycles. The number of hydrogen-bond acceptors (Lipinski definition) is 6. The zero-order chi connectivity index (χ0) is 22.5. The quantitative estimate of drug-likeness (QED) is 0.555. The number of anilines is 1. The molecule has 4 N–H and O–H groups in total. The number of hydrogen-bond donors (Lipinski definition) is 4. The summed E-state index contributed by atoms with van der Waals surface area (Å²) in [4.78, 5) is 26.2. The standard InChI is InChI=1S/C24H31N5O3/c1-16(30)25-19-7-3-18(4-8-19)24(31)26-20-11-13-29(14-12-20)23-15-22(27-28-23)17-5-9-21(32-2)10-6-17/h3-10,20,22-23,27-28H,11-15H2,1-2H3,(H,25,30)(H,26,31). The Morgan fingerprint density at radius 1 is 1.00 bits per heavy atom. The molecular formula is C24H31N5O3. The van der Waals surface area contributed by atoms with Gasteiger partial charge in [-0.15, -0.1) is 0 Å². The molecule has 8 nitrogen and oxygen atoms in total. The summed E-state index contributed by atoms with van der Waals surface area (Å²) < 4.78 is 5.24. The molecule has 2 aromatic carbocycles. The van der Waals surface area contributed by atoms with Crippen molar-refractivity contribution in [2.75, 3.05) is 25.5 Å². The van der Waals surface area contributed by atoms with Crippen molar-refractivity contribution in [2.45, 2.75) is 44.4 Å². The van der Waals surface area contributed by atoms with Gasteiger partial charge in [-0.25, -0.2) is 10.9 Å². The van der Waals surface area contributed by atoms with Crippen molar-refractivity contribution in [3.05, 3.63) is 59.7 Å². The van der Waals surface area contributed by atoms with Crippen molar-refractivity contribution < 1.29 is 14.3 Å². The molecule has 0 aromatic heterocycles. The van der Waals surface area contributed by atoms with Crippen LogP contribution in [0, 0.1) is 0 Å². The number of nitrogens with one attached hydrogen (secondary N) is 4. The Kier molecular flexibility index (Phi) is 7.04. The minimum atomic E-state index is -0.128. The van der Waals surface area contributed by atoms with Gasteiger partial charge >= 0.3 is 0 Å². The monoisotopic (exact) mass is 437 g/mol. The summed E-state index contributed by atoms with van der Waals surface area (Å²) in [6, 6.07) is 15.6. The van der Waals surface area contributed by atoms with Crippen LogP contribution < -0.4 is 26.2 Å². The first-order valence-electron chi connectivity index (χ1n) is 11.1. The molecule has 0 spiro atoms. The van der Waals surface area contributed by atoms with E-state index in [2.05, 4.69) is 38.5 Å². The predicted octanol–water partition coefficient (Wildman–Crippen LogP) is 2.41. The molecule has 4 rings (SSSR count). The number of rotatable bonds is 6. The Labute approximate surface area is 188 Å². The van der Waals surface area contributed by atoms with Gasteiger partial charge in [-0.3, -0.25) is 14.5 Å². The molecule has 32 heavy (non-hydrogen) atoms. The van der Waals surface area contributed by atoms with E-state index in [1.54, 1.807) is 31.4 Å². The first-order valence-corrected chi connectivity index (χ1v) is 11.1. The third-order valence-corrected chi connectivity index (χ3v) is 6.17. The molecule has 2 unspecified atom stereocenters. The highest BCUT2D eigenvalue weighted by Crippen LogP contribution is 2.27. The Balaban J connectivity index is 1.23. The number of hydrazine groups is 1. The van der Waals surface area contributed by atoms with Crippen LogP contribution >= 0.6 is 0 Å². The van der Waals surface area contributed by atoms with E-state index in [1.165, 1.54) is 12.5 Å². The number of likely N-dealkylation sites (tertiary alicyclic amines) is 1. The number of carbonyl (C=O) groups excluding carboxylic acids is 2. The highest BCUT2D eigenvalue weighted by Gasteiger charge is 2.32. The van der Waals surface area contributed by atoms with E-state index in [4.69, 9.17) is 4.74 Å². The average molecular weight is 438 g/mol. The molecule has 2 aliphatic rings. The zero-order valence-electron chi connectivity index (χ0n) is 18.6. The summed E-state index contributed by atoms with van der Waals surface area (Å²) in [5.41, 5.74) is 9.37. The number of methoxy groups -OCH3 is 1. The van der Waals surface area contributed by atoms with Crippen LogP contribution in [0.4, 0.5) is 5.69 Å². The van der Waals surface area contributed by atoms with Gasteiger partial charge in [0.15, 0.2) is 0 Å². The van der Waals surface area contributed by atoms with Gasteiger partial charge in [0, 0.05) is 43.3 Å². The van der Waals surface area contributed by atoms with E-state index in [9.17, 15) is 9.59 Å². The molecule has 170 valence electrons. The molecule has 0 radical (unpaired) electrons. The smallest absolute Gasteiger partial charge is 0.251 e. The Hall–Kier alpha value is -2.94. The van der Waals surface area contributed by atoms with Gasteiger partial charge in [-0.05, 0) is 61.2 Å². The van der Waals surface area contributed by atoms with Crippen LogP contribution in [-0.2, 0) is 4.79 Å². The predicted molar refractivity (Wildman–Crippen MR) is 123 cm³/mol.